The van der Waals surface area contributed by atoms with E-state index in [0.29, 0.717) is 5.75 Å². The lowest BCUT2D eigenvalue weighted by Crippen LogP contribution is -2.41. The van der Waals surface area contributed by atoms with Crippen LogP contribution in [0, 0.1) is 0 Å². The van der Waals surface area contributed by atoms with Crippen LogP contribution in [0.3, 0.4) is 0 Å². The molecule has 0 bridgehead atoms. The van der Waals surface area contributed by atoms with E-state index >= 15 is 0 Å². The minimum atomic E-state index is -0.445. The molecular weight excluding hydrogens is 333 g/mol. The Kier molecular flexibility index (Phi) is 6.54. The van der Waals surface area contributed by atoms with Crippen LogP contribution >= 0.6 is 11.8 Å². The van der Waals surface area contributed by atoms with E-state index < -0.39 is 18.3 Å². The Morgan fingerprint density at radius 3 is 2.36 bits per heavy atom. The second kappa shape index (κ2) is 8.08. The summed E-state index contributed by atoms with van der Waals surface area (Å²) in [5, 5.41) is 3.28. The molecule has 1 heterocycles. The Labute approximate surface area is 155 Å². The molecule has 0 amide bonds. The van der Waals surface area contributed by atoms with Crippen molar-refractivity contribution in [1.82, 2.24) is 5.32 Å². The summed E-state index contributed by atoms with van der Waals surface area (Å²) in [6.45, 7) is 10.5. The van der Waals surface area contributed by atoms with Gasteiger partial charge in [0.05, 0.1) is 11.2 Å². The van der Waals surface area contributed by atoms with Crippen molar-refractivity contribution in [3.63, 3.8) is 0 Å². The van der Waals surface area contributed by atoms with Crippen molar-refractivity contribution in [1.29, 1.82) is 0 Å². The van der Waals surface area contributed by atoms with E-state index in [1.807, 2.05) is 46.9 Å². The summed E-state index contributed by atoms with van der Waals surface area (Å²) in [6, 6.07) is 8.23. The van der Waals surface area contributed by atoms with Gasteiger partial charge in [-0.3, -0.25) is 4.79 Å². The molecule has 1 fully saturated rings. The van der Waals surface area contributed by atoms with Crippen molar-refractivity contribution in [2.75, 3.05) is 12.8 Å². The molecule has 1 N–H and O–H groups in total. The molecule has 0 saturated carbocycles. The van der Waals surface area contributed by atoms with Gasteiger partial charge in [0.15, 0.2) is 5.12 Å². The molecule has 0 atom stereocenters. The maximum atomic E-state index is 11.5. The smallest absolute Gasteiger partial charge is 0.400 e. The Morgan fingerprint density at radius 1 is 1.20 bits per heavy atom. The van der Waals surface area contributed by atoms with E-state index in [1.165, 1.54) is 17.3 Å². The highest BCUT2D eigenvalue weighted by Crippen LogP contribution is 2.39. The maximum absolute atomic E-state index is 11.5. The molecule has 1 aromatic carbocycles. The lowest BCUT2D eigenvalue weighted by molar-refractivity contribution is -0.109. The topological polar surface area (TPSA) is 47.6 Å². The van der Waals surface area contributed by atoms with Crippen LogP contribution in [0.2, 0.25) is 0 Å². The molecular formula is C19H28BNO3S. The quantitative estimate of drug-likeness (QED) is 0.783. The second-order valence-electron chi connectivity index (χ2n) is 7.32. The van der Waals surface area contributed by atoms with Crippen molar-refractivity contribution in [3.05, 3.63) is 40.9 Å². The van der Waals surface area contributed by atoms with Gasteiger partial charge in [-0.05, 0) is 51.3 Å². The highest BCUT2D eigenvalue weighted by molar-refractivity contribution is 8.13. The van der Waals surface area contributed by atoms with E-state index in [0.717, 1.165) is 17.6 Å². The van der Waals surface area contributed by atoms with Crippen LogP contribution in [0.5, 0.6) is 0 Å². The zero-order valence-electron chi connectivity index (χ0n) is 16.0. The standard InChI is InChI=1S/C19H28BNO3S/c1-14(22)25-13-17(20-23-18(2,3)19(4,5)24-20)11-15-9-7-8-10-16(15)12-21-6/h7-11,21H,12-13H2,1-6H3. The zero-order valence-corrected chi connectivity index (χ0v) is 16.8. The van der Waals surface area contributed by atoms with Crippen LogP contribution in [0.1, 0.15) is 45.7 Å². The third-order valence-corrected chi connectivity index (χ3v) is 5.65. The lowest BCUT2D eigenvalue weighted by Gasteiger charge is -2.32. The highest BCUT2D eigenvalue weighted by atomic mass is 32.2. The van der Waals surface area contributed by atoms with E-state index in [2.05, 4.69) is 23.5 Å². The monoisotopic (exact) mass is 361 g/mol. The largest absolute Gasteiger partial charge is 0.491 e. The summed E-state index contributed by atoms with van der Waals surface area (Å²) in [4.78, 5) is 11.5. The Morgan fingerprint density at radius 2 is 1.80 bits per heavy atom. The fraction of sp³-hybridized carbons (Fsp3) is 0.526. The van der Waals surface area contributed by atoms with Crippen molar-refractivity contribution >= 4 is 30.1 Å². The summed E-state index contributed by atoms with van der Waals surface area (Å²) >= 11 is 1.28. The summed E-state index contributed by atoms with van der Waals surface area (Å²) in [5.74, 6) is 0.556. The van der Waals surface area contributed by atoms with Crippen molar-refractivity contribution < 1.29 is 14.1 Å². The van der Waals surface area contributed by atoms with E-state index in [1.54, 1.807) is 6.92 Å². The molecule has 1 aliphatic heterocycles. The van der Waals surface area contributed by atoms with Crippen molar-refractivity contribution in [3.8, 4) is 0 Å². The molecule has 1 aromatic rings. The molecule has 0 radical (unpaired) electrons. The number of hydrogen-bond acceptors (Lipinski definition) is 5. The average molecular weight is 361 g/mol. The third-order valence-electron chi connectivity index (χ3n) is 4.76. The first-order valence-corrected chi connectivity index (χ1v) is 9.57. The van der Waals surface area contributed by atoms with Crippen molar-refractivity contribution in [2.45, 2.75) is 52.4 Å². The molecule has 0 unspecified atom stereocenters. The minimum Gasteiger partial charge on any atom is -0.400 e. The first-order valence-electron chi connectivity index (χ1n) is 8.58. The summed E-state index contributed by atoms with van der Waals surface area (Å²) in [7, 11) is 1.49. The van der Waals surface area contributed by atoms with Gasteiger partial charge in [0.1, 0.15) is 0 Å². The summed E-state index contributed by atoms with van der Waals surface area (Å²) in [5.41, 5.74) is 2.49. The van der Waals surface area contributed by atoms with Gasteiger partial charge in [-0.25, -0.2) is 0 Å². The van der Waals surface area contributed by atoms with Gasteiger partial charge in [-0.2, -0.15) is 0 Å². The van der Waals surface area contributed by atoms with Crippen molar-refractivity contribution in [2.24, 2.45) is 0 Å². The van der Waals surface area contributed by atoms with Crippen LogP contribution in [-0.4, -0.2) is 36.2 Å². The molecule has 0 aliphatic carbocycles. The summed E-state index contributed by atoms with van der Waals surface area (Å²) < 4.78 is 12.4. The van der Waals surface area contributed by atoms with Crippen LogP contribution < -0.4 is 5.32 Å². The Balaban J connectivity index is 2.35. The van der Waals surface area contributed by atoms with E-state index in [4.69, 9.17) is 9.31 Å². The van der Waals surface area contributed by atoms with Crippen LogP contribution in [-0.2, 0) is 20.6 Å². The predicted octanol–water partition coefficient (Wildman–Crippen LogP) is 3.70. The molecule has 2 rings (SSSR count). The van der Waals surface area contributed by atoms with Gasteiger partial charge in [-0.15, -0.1) is 0 Å². The normalized spacial score (nSPS) is 19.3. The number of carbonyl (C=O) groups excluding carboxylic acids is 1. The number of benzene rings is 1. The van der Waals surface area contributed by atoms with Crippen LogP contribution in [0.15, 0.2) is 29.7 Å². The molecule has 136 valence electrons. The fourth-order valence-electron chi connectivity index (χ4n) is 2.58. The predicted molar refractivity (Wildman–Crippen MR) is 106 cm³/mol. The lowest BCUT2D eigenvalue weighted by atomic mass is 9.78. The molecule has 0 aromatic heterocycles. The zero-order chi connectivity index (χ0) is 18.7. The van der Waals surface area contributed by atoms with Gasteiger partial charge in [0.2, 0.25) is 0 Å². The highest BCUT2D eigenvalue weighted by Gasteiger charge is 2.52. The average Bonchev–Trinajstić information content (AvgIpc) is 2.73. The van der Waals surface area contributed by atoms with Gasteiger partial charge >= 0.3 is 7.12 Å². The first kappa shape index (κ1) is 20.2. The molecule has 25 heavy (non-hydrogen) atoms. The maximum Gasteiger partial charge on any atom is 0.491 e. The van der Waals surface area contributed by atoms with Crippen LogP contribution in [0.4, 0.5) is 0 Å². The second-order valence-corrected chi connectivity index (χ2v) is 8.47. The molecule has 0 spiro atoms. The number of carbonyl (C=O) groups is 1. The SMILES string of the molecule is CNCc1ccccc1C=C(CSC(C)=O)B1OC(C)(C)C(C)(C)O1. The van der Waals surface area contributed by atoms with Gasteiger partial charge < -0.3 is 14.6 Å². The van der Waals surface area contributed by atoms with Gasteiger partial charge in [0.25, 0.3) is 0 Å². The van der Waals surface area contributed by atoms with E-state index in [9.17, 15) is 4.79 Å². The van der Waals surface area contributed by atoms with Gasteiger partial charge in [-0.1, -0.05) is 42.1 Å². The number of nitrogens with one attached hydrogen (secondary N) is 1. The molecule has 1 aliphatic rings. The molecule has 1 saturated heterocycles. The number of hydrogen-bond donors (Lipinski definition) is 1. The Hall–Kier alpha value is -1.08. The van der Waals surface area contributed by atoms with Crippen LogP contribution in [0.25, 0.3) is 6.08 Å². The molecule has 4 nitrogen and oxygen atoms in total. The number of thioether (sulfide) groups is 1. The molecule has 6 heteroatoms. The fourth-order valence-corrected chi connectivity index (χ4v) is 3.17. The first-order chi connectivity index (χ1) is 11.7. The minimum absolute atomic E-state index is 0.0888. The summed E-state index contributed by atoms with van der Waals surface area (Å²) in [6.07, 6.45) is 2.10. The number of rotatable bonds is 6. The van der Waals surface area contributed by atoms with E-state index in [-0.39, 0.29) is 5.12 Å². The third kappa shape index (κ3) is 4.97. The van der Waals surface area contributed by atoms with Gasteiger partial charge in [0, 0.05) is 19.2 Å². The Bertz CT molecular complexity index is 642.